The first-order chi connectivity index (χ1) is 12.7. The van der Waals surface area contributed by atoms with Crippen LogP contribution in [0.25, 0.3) is 0 Å². The fourth-order valence-corrected chi connectivity index (χ4v) is 2.18. The van der Waals surface area contributed by atoms with E-state index in [0.29, 0.717) is 6.29 Å². The lowest BCUT2D eigenvalue weighted by Gasteiger charge is -2.23. The molecule has 0 aliphatic rings. The van der Waals surface area contributed by atoms with E-state index in [2.05, 4.69) is 16.0 Å². The first-order valence-electron chi connectivity index (χ1n) is 8.77. The van der Waals surface area contributed by atoms with E-state index < -0.39 is 36.0 Å². The first kappa shape index (κ1) is 22.1. The Labute approximate surface area is 159 Å². The summed E-state index contributed by atoms with van der Waals surface area (Å²) in [6.45, 7) is 6.64. The number of amides is 3. The fraction of sp³-hybridized carbons (Fsp3) is 0.474. The van der Waals surface area contributed by atoms with Gasteiger partial charge in [-0.1, -0.05) is 44.2 Å². The van der Waals surface area contributed by atoms with Crippen LogP contribution in [0.15, 0.2) is 30.3 Å². The highest BCUT2D eigenvalue weighted by Crippen LogP contribution is 2.05. The normalized spacial score (nSPS) is 13.8. The zero-order valence-electron chi connectivity index (χ0n) is 16.0. The Hall–Kier alpha value is -2.90. The number of carbonyl (C=O) groups excluding carboxylic acids is 4. The minimum Gasteiger partial charge on any atom is -0.445 e. The average molecular weight is 377 g/mol. The Kier molecular flexibility index (Phi) is 8.98. The van der Waals surface area contributed by atoms with Crippen LogP contribution in [0.1, 0.15) is 33.3 Å². The Morgan fingerprint density at radius 2 is 1.59 bits per heavy atom. The van der Waals surface area contributed by atoms with Crippen LogP contribution in [-0.4, -0.2) is 42.3 Å². The Morgan fingerprint density at radius 1 is 0.963 bits per heavy atom. The highest BCUT2D eigenvalue weighted by molar-refractivity contribution is 5.91. The molecule has 27 heavy (non-hydrogen) atoms. The smallest absolute Gasteiger partial charge is 0.408 e. The van der Waals surface area contributed by atoms with E-state index >= 15 is 0 Å². The molecule has 0 radical (unpaired) electrons. The molecule has 0 heterocycles. The molecule has 0 aliphatic carbocycles. The third kappa shape index (κ3) is 7.89. The fourth-order valence-electron chi connectivity index (χ4n) is 2.18. The van der Waals surface area contributed by atoms with E-state index in [-0.39, 0.29) is 12.5 Å². The summed E-state index contributed by atoms with van der Waals surface area (Å²) in [4.78, 5) is 47.0. The van der Waals surface area contributed by atoms with Crippen LogP contribution in [0, 0.1) is 5.92 Å². The Bertz CT molecular complexity index is 648. The quantitative estimate of drug-likeness (QED) is 0.559. The molecule has 1 rings (SSSR count). The number of carbonyl (C=O) groups is 4. The topological polar surface area (TPSA) is 114 Å². The average Bonchev–Trinajstić information content (AvgIpc) is 2.64. The second-order valence-corrected chi connectivity index (χ2v) is 6.59. The van der Waals surface area contributed by atoms with Gasteiger partial charge in [0.15, 0.2) is 0 Å². The molecule has 0 spiro atoms. The maximum atomic E-state index is 12.4. The number of hydrogen-bond donors (Lipinski definition) is 3. The van der Waals surface area contributed by atoms with Crippen molar-refractivity contribution < 1.29 is 23.9 Å². The summed E-state index contributed by atoms with van der Waals surface area (Å²) >= 11 is 0. The number of hydrogen-bond acceptors (Lipinski definition) is 5. The molecule has 8 heteroatoms. The minimum absolute atomic E-state index is 0.0848. The summed E-state index contributed by atoms with van der Waals surface area (Å²) in [6, 6.07) is 6.79. The van der Waals surface area contributed by atoms with Crippen LogP contribution >= 0.6 is 0 Å². The Balaban J connectivity index is 2.58. The van der Waals surface area contributed by atoms with Gasteiger partial charge < -0.3 is 25.5 Å². The summed E-state index contributed by atoms with van der Waals surface area (Å²) in [5.74, 6) is -1.22. The molecular weight excluding hydrogens is 350 g/mol. The summed E-state index contributed by atoms with van der Waals surface area (Å²) in [6.07, 6.45) is -0.132. The maximum Gasteiger partial charge on any atom is 0.408 e. The third-order valence-corrected chi connectivity index (χ3v) is 3.76. The molecule has 148 valence electrons. The monoisotopic (exact) mass is 377 g/mol. The molecule has 1 aromatic rings. The van der Waals surface area contributed by atoms with Gasteiger partial charge in [0, 0.05) is 0 Å². The molecule has 3 N–H and O–H groups in total. The highest BCUT2D eigenvalue weighted by Gasteiger charge is 2.27. The highest BCUT2D eigenvalue weighted by atomic mass is 16.5. The molecule has 3 atom stereocenters. The largest absolute Gasteiger partial charge is 0.445 e. The first-order valence-corrected chi connectivity index (χ1v) is 8.77. The van der Waals surface area contributed by atoms with Gasteiger partial charge in [-0.2, -0.15) is 0 Å². The van der Waals surface area contributed by atoms with Crippen LogP contribution in [0.4, 0.5) is 4.79 Å². The van der Waals surface area contributed by atoms with Gasteiger partial charge in [-0.25, -0.2) is 4.79 Å². The lowest BCUT2D eigenvalue weighted by molar-refractivity contribution is -0.130. The SMILES string of the molecule is CC(C)[C@H](NC(=O)OCc1ccccc1)C(=O)N[C@@H](C)C(=O)N[C@@H](C)C=O. The van der Waals surface area contributed by atoms with Crippen LogP contribution in [-0.2, 0) is 25.7 Å². The van der Waals surface area contributed by atoms with E-state index in [1.807, 2.05) is 30.3 Å². The zero-order valence-corrected chi connectivity index (χ0v) is 16.0. The second kappa shape index (κ2) is 10.9. The van der Waals surface area contributed by atoms with Crippen molar-refractivity contribution in [2.45, 2.75) is 52.4 Å². The summed E-state index contributed by atoms with van der Waals surface area (Å²) < 4.78 is 5.13. The van der Waals surface area contributed by atoms with E-state index in [0.717, 1.165) is 5.56 Å². The number of nitrogens with one attached hydrogen (secondary N) is 3. The molecule has 0 unspecified atom stereocenters. The van der Waals surface area contributed by atoms with Crippen LogP contribution in [0.5, 0.6) is 0 Å². The van der Waals surface area contributed by atoms with Gasteiger partial charge in [0.05, 0.1) is 6.04 Å². The van der Waals surface area contributed by atoms with Gasteiger partial charge in [0.1, 0.15) is 25.0 Å². The van der Waals surface area contributed by atoms with Gasteiger partial charge in [-0.3, -0.25) is 9.59 Å². The van der Waals surface area contributed by atoms with Crippen molar-refractivity contribution in [2.75, 3.05) is 0 Å². The van der Waals surface area contributed by atoms with E-state index in [4.69, 9.17) is 4.74 Å². The number of alkyl carbamates (subject to hydrolysis) is 1. The number of aldehydes is 1. The molecule has 0 bridgehead atoms. The molecule has 8 nitrogen and oxygen atoms in total. The summed E-state index contributed by atoms with van der Waals surface area (Å²) in [7, 11) is 0. The molecule has 0 aromatic heterocycles. The predicted molar refractivity (Wildman–Crippen MR) is 99.7 cm³/mol. The van der Waals surface area contributed by atoms with Gasteiger partial charge in [-0.05, 0) is 25.3 Å². The zero-order chi connectivity index (χ0) is 20.4. The summed E-state index contributed by atoms with van der Waals surface area (Å²) in [5, 5.41) is 7.50. The van der Waals surface area contributed by atoms with Crippen molar-refractivity contribution >= 4 is 24.2 Å². The predicted octanol–water partition coefficient (Wildman–Crippen LogP) is 1.15. The van der Waals surface area contributed by atoms with Gasteiger partial charge in [-0.15, -0.1) is 0 Å². The molecule has 3 amide bonds. The van der Waals surface area contributed by atoms with Crippen molar-refractivity contribution in [3.05, 3.63) is 35.9 Å². The van der Waals surface area contributed by atoms with Crippen molar-refractivity contribution in [3.63, 3.8) is 0 Å². The number of benzene rings is 1. The minimum atomic E-state index is -0.869. The third-order valence-electron chi connectivity index (χ3n) is 3.76. The van der Waals surface area contributed by atoms with Crippen molar-refractivity contribution in [2.24, 2.45) is 5.92 Å². The van der Waals surface area contributed by atoms with E-state index in [1.54, 1.807) is 13.8 Å². The number of ether oxygens (including phenoxy) is 1. The van der Waals surface area contributed by atoms with Crippen molar-refractivity contribution in [1.29, 1.82) is 0 Å². The molecule has 1 aromatic carbocycles. The van der Waals surface area contributed by atoms with Crippen molar-refractivity contribution in [1.82, 2.24) is 16.0 Å². The molecular formula is C19H27N3O5. The van der Waals surface area contributed by atoms with Gasteiger partial charge in [0.25, 0.3) is 0 Å². The number of rotatable bonds is 9. The lowest BCUT2D eigenvalue weighted by atomic mass is 10.0. The van der Waals surface area contributed by atoms with E-state index in [1.165, 1.54) is 13.8 Å². The molecule has 0 saturated heterocycles. The van der Waals surface area contributed by atoms with Gasteiger partial charge >= 0.3 is 6.09 Å². The lowest BCUT2D eigenvalue weighted by Crippen LogP contribution is -2.55. The van der Waals surface area contributed by atoms with Crippen molar-refractivity contribution in [3.8, 4) is 0 Å². The van der Waals surface area contributed by atoms with Crippen LogP contribution in [0.2, 0.25) is 0 Å². The molecule has 0 saturated carbocycles. The van der Waals surface area contributed by atoms with Crippen LogP contribution in [0.3, 0.4) is 0 Å². The standard InChI is InChI=1S/C19H27N3O5/c1-12(2)16(18(25)21-14(4)17(24)20-13(3)10-23)22-19(26)27-11-15-8-6-5-7-9-15/h5-10,12-14,16H,11H2,1-4H3,(H,20,24)(H,21,25)(H,22,26)/t13-,14-,16-/m0/s1. The van der Waals surface area contributed by atoms with Gasteiger partial charge in [0.2, 0.25) is 11.8 Å². The molecule has 0 fully saturated rings. The molecule has 0 aliphatic heterocycles. The maximum absolute atomic E-state index is 12.4. The second-order valence-electron chi connectivity index (χ2n) is 6.59. The van der Waals surface area contributed by atoms with Crippen LogP contribution < -0.4 is 16.0 Å². The Morgan fingerprint density at radius 3 is 2.15 bits per heavy atom. The summed E-state index contributed by atoms with van der Waals surface area (Å²) in [5.41, 5.74) is 0.827. The van der Waals surface area contributed by atoms with E-state index in [9.17, 15) is 19.2 Å².